The molecule has 1 saturated carbocycles. The molecule has 2 aliphatic heterocycles. The maximum absolute atomic E-state index is 12.8. The summed E-state index contributed by atoms with van der Waals surface area (Å²) in [5.41, 5.74) is 0.626. The Kier molecular flexibility index (Phi) is 5.01. The van der Waals surface area contributed by atoms with Crippen molar-refractivity contribution in [1.29, 1.82) is 0 Å². The molecule has 6 heteroatoms. The number of carbonyl (C=O) groups is 1. The van der Waals surface area contributed by atoms with Gasteiger partial charge in [0.2, 0.25) is 0 Å². The summed E-state index contributed by atoms with van der Waals surface area (Å²) in [5, 5.41) is 0. The summed E-state index contributed by atoms with van der Waals surface area (Å²) in [5.74, 6) is -0.675. The van der Waals surface area contributed by atoms with Gasteiger partial charge in [0.05, 0.1) is 31.9 Å². The third-order valence-electron chi connectivity index (χ3n) is 5.59. The van der Waals surface area contributed by atoms with Gasteiger partial charge < -0.3 is 14.4 Å². The molecule has 0 aromatic carbocycles. The highest BCUT2D eigenvalue weighted by atomic mass is 16.7. The Hall–Kier alpha value is -1.50. The molecule has 4 rings (SSSR count). The Labute approximate surface area is 149 Å². The maximum Gasteiger partial charge on any atom is 0.255 e. The minimum absolute atomic E-state index is 0.0102. The smallest absolute Gasteiger partial charge is 0.255 e. The number of morpholine rings is 1. The van der Waals surface area contributed by atoms with E-state index >= 15 is 0 Å². The van der Waals surface area contributed by atoms with E-state index in [1.165, 1.54) is 25.7 Å². The summed E-state index contributed by atoms with van der Waals surface area (Å²) < 4.78 is 12.3. The fourth-order valence-electron chi connectivity index (χ4n) is 4.33. The number of pyridine rings is 1. The quantitative estimate of drug-likeness (QED) is 0.820. The lowest BCUT2D eigenvalue weighted by Crippen LogP contribution is -2.60. The van der Waals surface area contributed by atoms with Gasteiger partial charge in [0, 0.05) is 31.5 Å². The molecule has 2 saturated heterocycles. The topological polar surface area (TPSA) is 54.9 Å². The molecule has 1 unspecified atom stereocenters. The van der Waals surface area contributed by atoms with E-state index in [-0.39, 0.29) is 5.91 Å². The van der Waals surface area contributed by atoms with E-state index in [1.807, 2.05) is 11.0 Å². The molecule has 0 bridgehead atoms. The molecular formula is C19H27N3O3. The number of amides is 1. The van der Waals surface area contributed by atoms with Crippen molar-refractivity contribution in [2.45, 2.75) is 43.9 Å². The summed E-state index contributed by atoms with van der Waals surface area (Å²) >= 11 is 0. The van der Waals surface area contributed by atoms with Crippen LogP contribution in [-0.2, 0) is 9.47 Å². The molecule has 1 aliphatic carbocycles. The lowest BCUT2D eigenvalue weighted by Gasteiger charge is -2.44. The number of ether oxygens (including phenoxy) is 2. The summed E-state index contributed by atoms with van der Waals surface area (Å²) in [6.45, 7) is 4.12. The van der Waals surface area contributed by atoms with Gasteiger partial charge in [-0.3, -0.25) is 14.7 Å². The van der Waals surface area contributed by atoms with Gasteiger partial charge in [0.1, 0.15) is 0 Å². The van der Waals surface area contributed by atoms with Gasteiger partial charge >= 0.3 is 0 Å². The van der Waals surface area contributed by atoms with E-state index in [0.717, 1.165) is 19.5 Å². The molecule has 6 nitrogen and oxygen atoms in total. The van der Waals surface area contributed by atoms with Gasteiger partial charge in [-0.15, -0.1) is 0 Å². The molecule has 3 fully saturated rings. The first-order chi connectivity index (χ1) is 12.3. The first-order valence-electron chi connectivity index (χ1n) is 9.47. The summed E-state index contributed by atoms with van der Waals surface area (Å²) in [7, 11) is 0. The summed E-state index contributed by atoms with van der Waals surface area (Å²) in [6.07, 6.45) is 9.53. The lowest BCUT2D eigenvalue weighted by atomic mass is 10.1. The van der Waals surface area contributed by atoms with Crippen LogP contribution < -0.4 is 0 Å². The Morgan fingerprint density at radius 2 is 1.96 bits per heavy atom. The van der Waals surface area contributed by atoms with Crippen molar-refractivity contribution in [3.63, 3.8) is 0 Å². The van der Waals surface area contributed by atoms with E-state index in [4.69, 9.17) is 9.47 Å². The van der Waals surface area contributed by atoms with Crippen molar-refractivity contribution in [2.24, 2.45) is 0 Å². The lowest BCUT2D eigenvalue weighted by molar-refractivity contribution is -0.262. The summed E-state index contributed by atoms with van der Waals surface area (Å²) in [6, 6.07) is 4.26. The van der Waals surface area contributed by atoms with Crippen molar-refractivity contribution < 1.29 is 14.3 Å². The van der Waals surface area contributed by atoms with Gasteiger partial charge in [-0.25, -0.2) is 0 Å². The number of carbonyl (C=O) groups excluding carboxylic acids is 1. The van der Waals surface area contributed by atoms with Gasteiger partial charge in [-0.2, -0.15) is 0 Å². The zero-order valence-corrected chi connectivity index (χ0v) is 14.7. The molecule has 3 aliphatic rings. The Morgan fingerprint density at radius 3 is 2.76 bits per heavy atom. The van der Waals surface area contributed by atoms with E-state index < -0.39 is 5.79 Å². The van der Waals surface area contributed by atoms with E-state index in [9.17, 15) is 4.79 Å². The maximum atomic E-state index is 12.8. The number of nitrogens with zero attached hydrogens (tertiary/aromatic N) is 3. The van der Waals surface area contributed by atoms with Gasteiger partial charge in [-0.05, 0) is 31.4 Å². The first kappa shape index (κ1) is 16.9. The van der Waals surface area contributed by atoms with Crippen molar-refractivity contribution in [2.75, 3.05) is 39.4 Å². The van der Waals surface area contributed by atoms with Gasteiger partial charge in [-0.1, -0.05) is 12.8 Å². The van der Waals surface area contributed by atoms with Crippen LogP contribution in [-0.4, -0.2) is 71.9 Å². The van der Waals surface area contributed by atoms with Crippen molar-refractivity contribution >= 4 is 5.91 Å². The zero-order chi connectivity index (χ0) is 17.1. The fourth-order valence-corrected chi connectivity index (χ4v) is 4.33. The van der Waals surface area contributed by atoms with Crippen LogP contribution in [0.3, 0.4) is 0 Å². The van der Waals surface area contributed by atoms with Crippen molar-refractivity contribution in [3.8, 4) is 0 Å². The molecule has 1 aromatic rings. The van der Waals surface area contributed by atoms with E-state index in [0.29, 0.717) is 37.9 Å². The molecule has 1 spiro atoms. The molecule has 136 valence electrons. The zero-order valence-electron chi connectivity index (χ0n) is 14.7. The minimum atomic E-state index is -0.685. The Bertz CT molecular complexity index is 591. The highest BCUT2D eigenvalue weighted by molar-refractivity contribution is 5.94. The van der Waals surface area contributed by atoms with E-state index in [1.54, 1.807) is 18.5 Å². The van der Waals surface area contributed by atoms with Crippen LogP contribution in [0.2, 0.25) is 0 Å². The van der Waals surface area contributed by atoms with Crippen LogP contribution in [0.4, 0.5) is 0 Å². The first-order valence-corrected chi connectivity index (χ1v) is 9.47. The highest BCUT2D eigenvalue weighted by Gasteiger charge is 2.43. The third-order valence-corrected chi connectivity index (χ3v) is 5.59. The third kappa shape index (κ3) is 3.71. The van der Waals surface area contributed by atoms with Crippen LogP contribution >= 0.6 is 0 Å². The molecule has 0 radical (unpaired) electrons. The predicted octanol–water partition coefficient (Wildman–Crippen LogP) is 1.92. The second-order valence-electron chi connectivity index (χ2n) is 7.34. The second-order valence-corrected chi connectivity index (χ2v) is 7.34. The number of aromatic nitrogens is 1. The second kappa shape index (κ2) is 7.40. The van der Waals surface area contributed by atoms with Crippen molar-refractivity contribution in [1.82, 2.24) is 14.8 Å². The standard InChI is InChI=1S/C19H27N3O3/c23-18(16-5-3-8-20-13-16)22-10-12-25-19(15-22)14-21(9-4-11-24-19)17-6-1-2-7-17/h3,5,8,13,17H,1-2,4,6-7,9-12,14-15H2. The molecule has 0 N–H and O–H groups in total. The molecule has 1 atom stereocenters. The van der Waals surface area contributed by atoms with Crippen LogP contribution in [0.1, 0.15) is 42.5 Å². The average molecular weight is 345 g/mol. The molecular weight excluding hydrogens is 318 g/mol. The number of rotatable bonds is 2. The Balaban J connectivity index is 1.49. The van der Waals surface area contributed by atoms with Gasteiger partial charge in [0.25, 0.3) is 5.91 Å². The monoisotopic (exact) mass is 345 g/mol. The largest absolute Gasteiger partial charge is 0.347 e. The molecule has 1 amide bonds. The highest BCUT2D eigenvalue weighted by Crippen LogP contribution is 2.30. The molecule has 3 heterocycles. The Morgan fingerprint density at radius 1 is 1.12 bits per heavy atom. The number of hydrogen-bond donors (Lipinski definition) is 0. The molecule has 1 aromatic heterocycles. The number of hydrogen-bond acceptors (Lipinski definition) is 5. The van der Waals surface area contributed by atoms with E-state index in [2.05, 4.69) is 9.88 Å². The average Bonchev–Trinajstić information content (AvgIpc) is 3.12. The van der Waals surface area contributed by atoms with Crippen LogP contribution in [0.5, 0.6) is 0 Å². The normalized spacial score (nSPS) is 29.0. The molecule has 25 heavy (non-hydrogen) atoms. The predicted molar refractivity (Wildman–Crippen MR) is 93.2 cm³/mol. The van der Waals surface area contributed by atoms with Crippen molar-refractivity contribution in [3.05, 3.63) is 30.1 Å². The van der Waals surface area contributed by atoms with Crippen LogP contribution in [0.15, 0.2) is 24.5 Å². The fraction of sp³-hybridized carbons (Fsp3) is 0.684. The van der Waals surface area contributed by atoms with Gasteiger partial charge in [0.15, 0.2) is 5.79 Å². The van der Waals surface area contributed by atoms with Crippen LogP contribution in [0, 0.1) is 0 Å². The SMILES string of the molecule is O=C(c1cccnc1)N1CCOC2(C1)CN(C1CCCC1)CCCO2. The minimum Gasteiger partial charge on any atom is -0.347 e. The van der Waals surface area contributed by atoms with Crippen LogP contribution in [0.25, 0.3) is 0 Å². The summed E-state index contributed by atoms with van der Waals surface area (Å²) in [4.78, 5) is 21.3.